The number of ether oxygens (including phenoxy) is 1. The van der Waals surface area contributed by atoms with Gasteiger partial charge in [-0.25, -0.2) is 14.8 Å². The summed E-state index contributed by atoms with van der Waals surface area (Å²) in [5.74, 6) is -1.28. The van der Waals surface area contributed by atoms with Gasteiger partial charge in [-0.15, -0.1) is 12.4 Å². The third kappa shape index (κ3) is 7.54. The van der Waals surface area contributed by atoms with Crippen molar-refractivity contribution >= 4 is 47.7 Å². The smallest absolute Gasteiger partial charge is 0.338 e. The third-order valence-corrected chi connectivity index (χ3v) is 5.15. The van der Waals surface area contributed by atoms with Gasteiger partial charge in [0.1, 0.15) is 5.84 Å². The summed E-state index contributed by atoms with van der Waals surface area (Å²) in [6.45, 7) is 3.53. The topological polar surface area (TPSA) is 167 Å². The van der Waals surface area contributed by atoms with Crippen LogP contribution in [0.1, 0.15) is 12.5 Å². The van der Waals surface area contributed by atoms with E-state index in [4.69, 9.17) is 15.9 Å². The van der Waals surface area contributed by atoms with E-state index in [1.807, 2.05) is 4.90 Å². The average molecular weight is 505 g/mol. The van der Waals surface area contributed by atoms with Crippen LogP contribution in [0.3, 0.4) is 0 Å². The van der Waals surface area contributed by atoms with Gasteiger partial charge in [-0.05, 0) is 25.1 Å². The number of benzene rings is 1. The van der Waals surface area contributed by atoms with Crippen molar-refractivity contribution in [2.45, 2.75) is 13.0 Å². The Morgan fingerprint density at radius 1 is 1.14 bits per heavy atom. The molecular formula is C22H29ClN8O4. The van der Waals surface area contributed by atoms with Crippen LogP contribution in [0.2, 0.25) is 0 Å². The van der Waals surface area contributed by atoms with E-state index in [2.05, 4.69) is 20.6 Å². The molecule has 12 nitrogen and oxygen atoms in total. The Balaban J connectivity index is 0.00000432. The molecule has 0 radical (unpaired) electrons. The summed E-state index contributed by atoms with van der Waals surface area (Å²) in [4.78, 5) is 49.9. The zero-order valence-corrected chi connectivity index (χ0v) is 20.1. The van der Waals surface area contributed by atoms with Crippen LogP contribution < -0.4 is 21.3 Å². The lowest BCUT2D eigenvalue weighted by Gasteiger charge is -2.34. The van der Waals surface area contributed by atoms with Gasteiger partial charge in [-0.2, -0.15) is 0 Å². The van der Waals surface area contributed by atoms with Gasteiger partial charge in [0.05, 0.1) is 13.2 Å². The van der Waals surface area contributed by atoms with E-state index in [1.54, 1.807) is 54.5 Å². The molecule has 1 fully saturated rings. The van der Waals surface area contributed by atoms with Crippen LogP contribution in [0.25, 0.3) is 0 Å². The fraction of sp³-hybridized carbons (Fsp3) is 0.364. The van der Waals surface area contributed by atoms with Gasteiger partial charge in [0.25, 0.3) is 5.91 Å². The SMILES string of the molecule is CCOC(=O)C(Nc1cccc(C(=N)N)c1)C(=O)NCC(=O)N1CCN(c2ncccn2)CC1.Cl. The number of anilines is 2. The number of nitrogens with one attached hydrogen (secondary N) is 3. The first-order valence-electron chi connectivity index (χ1n) is 10.8. The highest BCUT2D eigenvalue weighted by Crippen LogP contribution is 2.13. The quantitative estimate of drug-likeness (QED) is 0.159. The van der Waals surface area contributed by atoms with Crippen molar-refractivity contribution in [2.24, 2.45) is 5.73 Å². The Labute approximate surface area is 209 Å². The predicted octanol–water partition coefficient (Wildman–Crippen LogP) is -0.00893. The van der Waals surface area contributed by atoms with Gasteiger partial charge in [0.15, 0.2) is 0 Å². The summed E-state index contributed by atoms with van der Waals surface area (Å²) < 4.78 is 5.01. The van der Waals surface area contributed by atoms with Gasteiger partial charge in [-0.1, -0.05) is 12.1 Å². The van der Waals surface area contributed by atoms with E-state index in [9.17, 15) is 14.4 Å². The molecule has 5 N–H and O–H groups in total. The molecule has 2 aromatic rings. The first-order chi connectivity index (χ1) is 16.4. The van der Waals surface area contributed by atoms with Crippen LogP contribution in [0.4, 0.5) is 11.6 Å². The van der Waals surface area contributed by atoms with Crippen LogP contribution in [-0.2, 0) is 19.1 Å². The van der Waals surface area contributed by atoms with Gasteiger partial charge < -0.3 is 30.9 Å². The molecule has 0 bridgehead atoms. The van der Waals surface area contributed by atoms with E-state index in [0.717, 1.165) is 0 Å². The molecule has 35 heavy (non-hydrogen) atoms. The summed E-state index contributed by atoms with van der Waals surface area (Å²) in [5.41, 5.74) is 6.35. The molecule has 1 aliphatic rings. The highest BCUT2D eigenvalue weighted by Gasteiger charge is 2.29. The largest absolute Gasteiger partial charge is 0.464 e. The second-order valence-electron chi connectivity index (χ2n) is 7.46. The lowest BCUT2D eigenvalue weighted by Crippen LogP contribution is -2.53. The number of nitrogens with two attached hydrogens (primary N) is 1. The Kier molecular flexibility index (Phi) is 10.2. The fourth-order valence-corrected chi connectivity index (χ4v) is 3.39. The summed E-state index contributed by atoms with van der Waals surface area (Å²) in [6.07, 6.45) is 3.33. The Bertz CT molecular complexity index is 1030. The molecule has 0 saturated carbocycles. The number of nitrogen functional groups attached to an aromatic ring is 1. The third-order valence-electron chi connectivity index (χ3n) is 5.15. The molecule has 1 saturated heterocycles. The fourth-order valence-electron chi connectivity index (χ4n) is 3.39. The van der Waals surface area contributed by atoms with Gasteiger partial charge >= 0.3 is 5.97 Å². The second-order valence-corrected chi connectivity index (χ2v) is 7.46. The van der Waals surface area contributed by atoms with E-state index >= 15 is 0 Å². The summed E-state index contributed by atoms with van der Waals surface area (Å²) in [7, 11) is 0. The maximum atomic E-state index is 12.8. The molecule has 1 atom stereocenters. The van der Waals surface area contributed by atoms with Crippen LogP contribution in [0, 0.1) is 5.41 Å². The molecule has 1 unspecified atom stereocenters. The zero-order valence-electron chi connectivity index (χ0n) is 19.3. The van der Waals surface area contributed by atoms with Crippen LogP contribution in [0.5, 0.6) is 0 Å². The van der Waals surface area contributed by atoms with E-state index in [1.165, 1.54) is 0 Å². The Hall–Kier alpha value is -3.93. The Morgan fingerprint density at radius 2 is 1.83 bits per heavy atom. The van der Waals surface area contributed by atoms with Gasteiger partial charge in [-0.3, -0.25) is 15.0 Å². The number of hydrogen-bond acceptors (Lipinski definition) is 9. The van der Waals surface area contributed by atoms with Crippen LogP contribution >= 0.6 is 12.4 Å². The standard InChI is InChI=1S/C22H28N8O4.ClH/c1-2-34-21(33)18(28-16-6-3-5-15(13-16)19(23)24)20(32)27-14-17(31)29-9-11-30(12-10-29)22-25-7-4-8-26-22;/h3-8,13,18,28H,2,9-12,14H2,1H3,(H3,23,24)(H,27,32);1H. The molecule has 1 aromatic heterocycles. The Morgan fingerprint density at radius 3 is 2.46 bits per heavy atom. The molecule has 0 aliphatic carbocycles. The highest BCUT2D eigenvalue weighted by atomic mass is 35.5. The second kappa shape index (κ2) is 13.1. The van der Waals surface area contributed by atoms with Crippen molar-refractivity contribution in [1.82, 2.24) is 20.2 Å². The van der Waals surface area contributed by atoms with Crippen molar-refractivity contribution in [3.8, 4) is 0 Å². The summed E-state index contributed by atoms with van der Waals surface area (Å²) in [5, 5.41) is 12.9. The minimum Gasteiger partial charge on any atom is -0.464 e. The number of halogens is 1. The lowest BCUT2D eigenvalue weighted by atomic mass is 10.1. The minimum atomic E-state index is -1.37. The van der Waals surface area contributed by atoms with Crippen molar-refractivity contribution in [3.05, 3.63) is 48.3 Å². The van der Waals surface area contributed by atoms with Crippen LogP contribution in [0.15, 0.2) is 42.7 Å². The normalized spacial score (nSPS) is 13.7. The van der Waals surface area contributed by atoms with Crippen LogP contribution in [-0.4, -0.2) is 83.9 Å². The number of hydrogen-bond donors (Lipinski definition) is 4. The van der Waals surface area contributed by atoms with E-state index in [-0.39, 0.29) is 37.3 Å². The zero-order chi connectivity index (χ0) is 24.5. The molecule has 188 valence electrons. The maximum Gasteiger partial charge on any atom is 0.338 e. The molecular weight excluding hydrogens is 476 g/mol. The first-order valence-corrected chi connectivity index (χ1v) is 10.8. The molecule has 1 aliphatic heterocycles. The molecule has 1 aromatic carbocycles. The number of piperazine rings is 1. The number of aromatic nitrogens is 2. The number of amides is 2. The summed E-state index contributed by atoms with van der Waals surface area (Å²) >= 11 is 0. The van der Waals surface area contributed by atoms with Gasteiger partial charge in [0.2, 0.25) is 17.9 Å². The van der Waals surface area contributed by atoms with Crippen molar-refractivity contribution in [3.63, 3.8) is 0 Å². The predicted molar refractivity (Wildman–Crippen MR) is 133 cm³/mol. The summed E-state index contributed by atoms with van der Waals surface area (Å²) in [6, 6.07) is 6.82. The van der Waals surface area contributed by atoms with Crippen molar-refractivity contribution < 1.29 is 19.1 Å². The highest BCUT2D eigenvalue weighted by molar-refractivity contribution is 6.05. The molecule has 2 heterocycles. The molecule has 13 heteroatoms. The number of esters is 1. The number of carbonyl (C=O) groups is 3. The lowest BCUT2D eigenvalue weighted by molar-refractivity contribution is -0.147. The first kappa shape index (κ1) is 27.3. The maximum absolute atomic E-state index is 12.8. The van der Waals surface area contributed by atoms with Crippen molar-refractivity contribution in [1.29, 1.82) is 5.41 Å². The minimum absolute atomic E-state index is 0. The number of amidine groups is 1. The van der Waals surface area contributed by atoms with E-state index < -0.39 is 17.9 Å². The molecule has 3 rings (SSSR count). The average Bonchev–Trinajstić information content (AvgIpc) is 2.86. The molecule has 0 spiro atoms. The number of rotatable bonds is 9. The van der Waals surface area contributed by atoms with Crippen molar-refractivity contribution in [2.75, 3.05) is 49.5 Å². The van der Waals surface area contributed by atoms with E-state index in [0.29, 0.717) is 43.4 Å². The monoisotopic (exact) mass is 504 g/mol. The number of nitrogens with zero attached hydrogens (tertiary/aromatic N) is 4. The molecule has 2 amide bonds. The van der Waals surface area contributed by atoms with Gasteiger partial charge in [0, 0.05) is 49.8 Å². The number of carbonyl (C=O) groups excluding carboxylic acids is 3.